The van der Waals surface area contributed by atoms with Crippen molar-refractivity contribution < 1.29 is 38.3 Å². The van der Waals surface area contributed by atoms with Gasteiger partial charge >= 0.3 is 18.0 Å². The van der Waals surface area contributed by atoms with Gasteiger partial charge in [0.1, 0.15) is 11.6 Å². The second kappa shape index (κ2) is 9.89. The lowest BCUT2D eigenvalue weighted by Crippen LogP contribution is -2.46. The Morgan fingerprint density at radius 2 is 1.74 bits per heavy atom. The van der Waals surface area contributed by atoms with E-state index >= 15 is 0 Å². The highest BCUT2D eigenvalue weighted by molar-refractivity contribution is 6.01. The van der Waals surface area contributed by atoms with E-state index in [0.717, 1.165) is 6.42 Å². The maximum atomic E-state index is 12.2. The third-order valence-corrected chi connectivity index (χ3v) is 3.29. The van der Waals surface area contributed by atoms with Gasteiger partial charge in [-0.15, -0.1) is 5.06 Å². The summed E-state index contributed by atoms with van der Waals surface area (Å²) < 4.78 is 10.1. The van der Waals surface area contributed by atoms with Gasteiger partial charge in [0.15, 0.2) is 0 Å². The van der Waals surface area contributed by atoms with Gasteiger partial charge in [0, 0.05) is 12.8 Å². The van der Waals surface area contributed by atoms with Crippen molar-refractivity contribution in [2.45, 2.75) is 71.4 Å². The van der Waals surface area contributed by atoms with Crippen LogP contribution in [0.15, 0.2) is 0 Å². The van der Waals surface area contributed by atoms with Crippen LogP contribution in [-0.4, -0.2) is 53.2 Å². The Kier molecular flexibility index (Phi) is 8.20. The molecule has 0 bridgehead atoms. The molecule has 1 aliphatic heterocycles. The average Bonchev–Trinajstić information content (AvgIpc) is 2.84. The summed E-state index contributed by atoms with van der Waals surface area (Å²) in [6.07, 6.45) is -0.234. The summed E-state index contributed by atoms with van der Waals surface area (Å²) in [6, 6.07) is -1.38. The van der Waals surface area contributed by atoms with Crippen LogP contribution in [0.25, 0.3) is 0 Å². The van der Waals surface area contributed by atoms with Crippen molar-refractivity contribution in [1.82, 2.24) is 10.4 Å². The van der Waals surface area contributed by atoms with Gasteiger partial charge in [-0.1, -0.05) is 13.3 Å². The summed E-state index contributed by atoms with van der Waals surface area (Å²) in [4.78, 5) is 63.8. The Morgan fingerprint density at radius 1 is 1.15 bits per heavy atom. The molecule has 10 nitrogen and oxygen atoms in total. The lowest BCUT2D eigenvalue weighted by atomic mass is 10.2. The maximum Gasteiger partial charge on any atom is 0.408 e. The predicted molar refractivity (Wildman–Crippen MR) is 90.8 cm³/mol. The molecule has 10 heteroatoms. The van der Waals surface area contributed by atoms with Crippen molar-refractivity contribution in [2.75, 3.05) is 6.61 Å². The molecule has 0 aromatic heterocycles. The number of alkyl carbamates (subject to hydrolysis) is 1. The van der Waals surface area contributed by atoms with E-state index < -0.39 is 47.9 Å². The normalized spacial score (nSPS) is 15.3. The standard InChI is InChI=1S/C17H26N2O8/c1-5-6-9-25-15(23)11(18-16(24)26-17(2,3)4)10-14(22)27-19-12(20)7-8-13(19)21/h11H,5-10H2,1-4H3,(H,18,24)/t11-/m0/s1. The molecule has 0 spiro atoms. The summed E-state index contributed by atoms with van der Waals surface area (Å²) in [5.74, 6) is -3.16. The minimum Gasteiger partial charge on any atom is -0.464 e. The molecule has 1 saturated heterocycles. The number of hydroxylamine groups is 2. The molecule has 152 valence electrons. The van der Waals surface area contributed by atoms with E-state index in [1.165, 1.54) is 0 Å². The summed E-state index contributed by atoms with van der Waals surface area (Å²) in [6.45, 7) is 6.95. The third kappa shape index (κ3) is 8.06. The number of nitrogens with zero attached hydrogens (tertiary/aromatic N) is 1. The first-order valence-corrected chi connectivity index (χ1v) is 8.76. The van der Waals surface area contributed by atoms with E-state index in [-0.39, 0.29) is 19.4 Å². The molecule has 1 heterocycles. The van der Waals surface area contributed by atoms with Gasteiger partial charge in [-0.05, 0) is 27.2 Å². The number of ether oxygens (including phenoxy) is 2. The highest BCUT2D eigenvalue weighted by Crippen LogP contribution is 2.14. The average molecular weight is 386 g/mol. The molecule has 0 aromatic rings. The fraction of sp³-hybridized carbons (Fsp3) is 0.706. The van der Waals surface area contributed by atoms with E-state index in [9.17, 15) is 24.0 Å². The number of rotatable bonds is 8. The number of esters is 1. The molecule has 0 radical (unpaired) electrons. The van der Waals surface area contributed by atoms with Crippen molar-refractivity contribution in [3.8, 4) is 0 Å². The number of hydrogen-bond donors (Lipinski definition) is 1. The molecule has 27 heavy (non-hydrogen) atoms. The quantitative estimate of drug-likeness (QED) is 0.375. The number of carbonyl (C=O) groups excluding carboxylic acids is 5. The van der Waals surface area contributed by atoms with Crippen molar-refractivity contribution in [3.05, 3.63) is 0 Å². The number of nitrogens with one attached hydrogen (secondary N) is 1. The molecule has 1 atom stereocenters. The molecule has 3 amide bonds. The molecule has 0 unspecified atom stereocenters. The molecule has 0 saturated carbocycles. The van der Waals surface area contributed by atoms with Gasteiger partial charge in [-0.25, -0.2) is 14.4 Å². The van der Waals surface area contributed by atoms with Crippen molar-refractivity contribution in [3.63, 3.8) is 0 Å². The first-order valence-electron chi connectivity index (χ1n) is 8.76. The summed E-state index contributed by atoms with van der Waals surface area (Å²) in [7, 11) is 0. The fourth-order valence-corrected chi connectivity index (χ4v) is 2.02. The maximum absolute atomic E-state index is 12.2. The van der Waals surface area contributed by atoms with Crippen LogP contribution in [0.1, 0.15) is 59.8 Å². The van der Waals surface area contributed by atoms with Crippen LogP contribution in [0.4, 0.5) is 4.79 Å². The van der Waals surface area contributed by atoms with Gasteiger partial charge in [0.25, 0.3) is 11.8 Å². The van der Waals surface area contributed by atoms with Crippen LogP contribution in [0.3, 0.4) is 0 Å². The second-order valence-corrected chi connectivity index (χ2v) is 6.97. The molecule has 1 rings (SSSR count). The van der Waals surface area contributed by atoms with E-state index in [1.54, 1.807) is 20.8 Å². The monoisotopic (exact) mass is 386 g/mol. The van der Waals surface area contributed by atoms with E-state index in [4.69, 9.17) is 14.3 Å². The number of amides is 3. The molecule has 1 aliphatic rings. The Morgan fingerprint density at radius 3 is 2.26 bits per heavy atom. The van der Waals surface area contributed by atoms with E-state index in [1.807, 2.05) is 6.92 Å². The van der Waals surface area contributed by atoms with E-state index in [2.05, 4.69) is 5.32 Å². The molecule has 1 fully saturated rings. The Bertz CT molecular complexity index is 580. The van der Waals surface area contributed by atoms with Gasteiger partial charge < -0.3 is 19.6 Å². The number of unbranched alkanes of at least 4 members (excludes halogenated alkanes) is 1. The van der Waals surface area contributed by atoms with Crippen LogP contribution < -0.4 is 5.32 Å². The number of carbonyl (C=O) groups is 5. The molecule has 0 aliphatic carbocycles. The van der Waals surface area contributed by atoms with E-state index in [0.29, 0.717) is 11.5 Å². The highest BCUT2D eigenvalue weighted by Gasteiger charge is 2.35. The van der Waals surface area contributed by atoms with Crippen molar-refractivity contribution >= 4 is 29.8 Å². The lowest BCUT2D eigenvalue weighted by Gasteiger charge is -2.23. The third-order valence-electron chi connectivity index (χ3n) is 3.29. The molecule has 0 aromatic carbocycles. The van der Waals surface area contributed by atoms with Crippen LogP contribution in [0.2, 0.25) is 0 Å². The van der Waals surface area contributed by atoms with Crippen LogP contribution in [0, 0.1) is 0 Å². The topological polar surface area (TPSA) is 128 Å². The number of imide groups is 1. The minimum absolute atomic E-state index is 0.0508. The fourth-order valence-electron chi connectivity index (χ4n) is 2.02. The smallest absolute Gasteiger partial charge is 0.408 e. The van der Waals surface area contributed by atoms with Crippen LogP contribution in [0.5, 0.6) is 0 Å². The first-order chi connectivity index (χ1) is 12.5. The largest absolute Gasteiger partial charge is 0.464 e. The minimum atomic E-state index is -1.38. The number of hydrogen-bond acceptors (Lipinski definition) is 8. The Labute approximate surface area is 157 Å². The van der Waals surface area contributed by atoms with Gasteiger partial charge in [-0.2, -0.15) is 0 Å². The van der Waals surface area contributed by atoms with Crippen LogP contribution >= 0.6 is 0 Å². The first kappa shape index (κ1) is 22.4. The molecular weight excluding hydrogens is 360 g/mol. The van der Waals surface area contributed by atoms with Gasteiger partial charge in [0.05, 0.1) is 13.0 Å². The summed E-state index contributed by atoms with van der Waals surface area (Å²) >= 11 is 0. The highest BCUT2D eigenvalue weighted by atomic mass is 16.7. The Hall–Kier alpha value is -2.65. The lowest BCUT2D eigenvalue weighted by molar-refractivity contribution is -0.198. The molecule has 1 N–H and O–H groups in total. The zero-order valence-electron chi connectivity index (χ0n) is 16.0. The summed E-state index contributed by atoms with van der Waals surface area (Å²) in [5.41, 5.74) is -0.810. The van der Waals surface area contributed by atoms with Crippen molar-refractivity contribution in [2.24, 2.45) is 0 Å². The molecular formula is C17H26N2O8. The zero-order valence-corrected chi connectivity index (χ0v) is 16.0. The van der Waals surface area contributed by atoms with Gasteiger partial charge in [-0.3, -0.25) is 9.59 Å². The second-order valence-electron chi connectivity index (χ2n) is 6.97. The van der Waals surface area contributed by atoms with Crippen molar-refractivity contribution in [1.29, 1.82) is 0 Å². The predicted octanol–water partition coefficient (Wildman–Crippen LogP) is 1.22. The zero-order chi connectivity index (χ0) is 20.6. The van der Waals surface area contributed by atoms with Crippen LogP contribution in [-0.2, 0) is 33.5 Å². The summed E-state index contributed by atoms with van der Waals surface area (Å²) in [5, 5.41) is 2.62. The Balaban J connectivity index is 2.72. The van der Waals surface area contributed by atoms with Gasteiger partial charge in [0.2, 0.25) is 0 Å². The SMILES string of the molecule is CCCCOC(=O)[C@H](CC(=O)ON1C(=O)CCC1=O)NC(=O)OC(C)(C)C.